The summed E-state index contributed by atoms with van der Waals surface area (Å²) in [4.78, 5) is 0. The highest BCUT2D eigenvalue weighted by Crippen LogP contribution is 2.40. The Morgan fingerprint density at radius 3 is 2.57 bits per heavy atom. The van der Waals surface area contributed by atoms with Gasteiger partial charge in [0.15, 0.2) is 0 Å². The van der Waals surface area contributed by atoms with Crippen molar-refractivity contribution in [3.05, 3.63) is 34.6 Å². The van der Waals surface area contributed by atoms with Gasteiger partial charge >= 0.3 is 0 Å². The van der Waals surface area contributed by atoms with Gasteiger partial charge in [-0.1, -0.05) is 23.7 Å². The molecule has 128 valence electrons. The van der Waals surface area contributed by atoms with Crippen LogP contribution in [0.3, 0.4) is 0 Å². The van der Waals surface area contributed by atoms with Crippen molar-refractivity contribution in [1.29, 1.82) is 0 Å². The van der Waals surface area contributed by atoms with Crippen LogP contribution in [0.1, 0.15) is 56.4 Å². The zero-order chi connectivity index (χ0) is 16.1. The third kappa shape index (κ3) is 4.68. The third-order valence-electron chi connectivity index (χ3n) is 5.47. The molecule has 0 spiro atoms. The lowest BCUT2D eigenvalue weighted by Crippen LogP contribution is -2.36. The standard InChI is InChI=1S/C19H27ClFNO/c20-19-17(2-1-3-18(19)21)15-6-4-14(5-7-15)8-11-22-16-9-12-23-13-10-16/h1-3,14-16,22H,4-13H2/t14-,15-. The molecular formula is C19H27ClFNO. The van der Waals surface area contributed by atoms with E-state index >= 15 is 0 Å². The van der Waals surface area contributed by atoms with Crippen LogP contribution in [0.2, 0.25) is 5.02 Å². The Kier molecular flexibility index (Phi) is 6.32. The smallest absolute Gasteiger partial charge is 0.142 e. The minimum Gasteiger partial charge on any atom is -0.381 e. The first-order valence-corrected chi connectivity index (χ1v) is 9.37. The van der Waals surface area contributed by atoms with Gasteiger partial charge in [-0.05, 0) is 75.0 Å². The number of benzene rings is 1. The zero-order valence-corrected chi connectivity index (χ0v) is 14.5. The first-order valence-electron chi connectivity index (χ1n) is 8.99. The molecule has 4 heteroatoms. The highest BCUT2D eigenvalue weighted by Gasteiger charge is 2.24. The number of nitrogens with one attached hydrogen (secondary N) is 1. The summed E-state index contributed by atoms with van der Waals surface area (Å²) in [5, 5.41) is 4.01. The van der Waals surface area contributed by atoms with Crippen molar-refractivity contribution in [2.45, 2.75) is 56.9 Å². The van der Waals surface area contributed by atoms with Gasteiger partial charge in [-0.2, -0.15) is 0 Å². The van der Waals surface area contributed by atoms with E-state index in [-0.39, 0.29) is 5.82 Å². The molecule has 1 aliphatic heterocycles. The maximum atomic E-state index is 13.6. The average Bonchev–Trinajstić information content (AvgIpc) is 2.59. The molecule has 0 bridgehead atoms. The minimum atomic E-state index is -0.285. The van der Waals surface area contributed by atoms with Gasteiger partial charge in [-0.25, -0.2) is 4.39 Å². The van der Waals surface area contributed by atoms with Crippen molar-refractivity contribution in [2.24, 2.45) is 5.92 Å². The molecule has 1 saturated carbocycles. The van der Waals surface area contributed by atoms with E-state index < -0.39 is 0 Å². The van der Waals surface area contributed by atoms with Crippen LogP contribution in [0.5, 0.6) is 0 Å². The summed E-state index contributed by atoms with van der Waals surface area (Å²) in [5.41, 5.74) is 1.01. The molecule has 0 radical (unpaired) electrons. The predicted molar refractivity (Wildman–Crippen MR) is 92.6 cm³/mol. The summed E-state index contributed by atoms with van der Waals surface area (Å²) in [7, 11) is 0. The normalized spacial score (nSPS) is 26.3. The topological polar surface area (TPSA) is 21.3 Å². The van der Waals surface area contributed by atoms with Gasteiger partial charge in [0, 0.05) is 19.3 Å². The monoisotopic (exact) mass is 339 g/mol. The van der Waals surface area contributed by atoms with Crippen molar-refractivity contribution in [3.63, 3.8) is 0 Å². The molecule has 0 atom stereocenters. The molecule has 0 aromatic heterocycles. The average molecular weight is 340 g/mol. The first-order chi connectivity index (χ1) is 11.2. The summed E-state index contributed by atoms with van der Waals surface area (Å²) in [6, 6.07) is 5.86. The second-order valence-corrected chi connectivity index (χ2v) is 7.37. The maximum absolute atomic E-state index is 13.6. The second kappa shape index (κ2) is 8.46. The molecule has 1 heterocycles. The summed E-state index contributed by atoms with van der Waals surface area (Å²) < 4.78 is 19.0. The Hall–Kier alpha value is -0.640. The number of ether oxygens (including phenoxy) is 1. The Labute approximate surface area is 143 Å². The van der Waals surface area contributed by atoms with Gasteiger partial charge in [0.05, 0.1) is 5.02 Å². The van der Waals surface area contributed by atoms with E-state index in [1.165, 1.54) is 25.3 Å². The Morgan fingerprint density at radius 2 is 1.83 bits per heavy atom. The van der Waals surface area contributed by atoms with Crippen LogP contribution in [-0.4, -0.2) is 25.8 Å². The van der Waals surface area contributed by atoms with Crippen LogP contribution >= 0.6 is 11.6 Å². The van der Waals surface area contributed by atoms with Crippen molar-refractivity contribution < 1.29 is 9.13 Å². The van der Waals surface area contributed by atoms with Gasteiger partial charge in [0.25, 0.3) is 0 Å². The Balaban J connectivity index is 1.40. The maximum Gasteiger partial charge on any atom is 0.142 e. The zero-order valence-electron chi connectivity index (χ0n) is 13.7. The number of hydrogen-bond donors (Lipinski definition) is 1. The molecule has 1 aliphatic carbocycles. The fraction of sp³-hybridized carbons (Fsp3) is 0.684. The van der Waals surface area contributed by atoms with Gasteiger partial charge in [0.2, 0.25) is 0 Å². The molecule has 23 heavy (non-hydrogen) atoms. The number of hydrogen-bond acceptors (Lipinski definition) is 2. The lowest BCUT2D eigenvalue weighted by atomic mass is 9.77. The highest BCUT2D eigenvalue weighted by atomic mass is 35.5. The molecule has 3 rings (SSSR count). The Bertz CT molecular complexity index is 496. The van der Waals surface area contributed by atoms with Crippen molar-refractivity contribution in [3.8, 4) is 0 Å². The molecule has 1 saturated heterocycles. The summed E-state index contributed by atoms with van der Waals surface area (Å²) >= 11 is 6.14. The Morgan fingerprint density at radius 1 is 1.09 bits per heavy atom. The second-order valence-electron chi connectivity index (χ2n) is 6.99. The molecule has 0 unspecified atom stereocenters. The molecule has 1 N–H and O–H groups in total. The number of halogens is 2. The molecule has 1 aromatic rings. The van der Waals surface area contributed by atoms with E-state index in [0.29, 0.717) is 17.0 Å². The molecule has 0 amide bonds. The van der Waals surface area contributed by atoms with Crippen LogP contribution in [0.15, 0.2) is 18.2 Å². The van der Waals surface area contributed by atoms with E-state index in [9.17, 15) is 4.39 Å². The third-order valence-corrected chi connectivity index (χ3v) is 5.87. The lowest BCUT2D eigenvalue weighted by molar-refractivity contribution is 0.0775. The van der Waals surface area contributed by atoms with E-state index in [0.717, 1.165) is 56.9 Å². The van der Waals surface area contributed by atoms with Crippen molar-refractivity contribution in [1.82, 2.24) is 5.32 Å². The van der Waals surface area contributed by atoms with Crippen LogP contribution in [0.4, 0.5) is 4.39 Å². The fourth-order valence-electron chi connectivity index (χ4n) is 3.99. The quantitative estimate of drug-likeness (QED) is 0.822. The van der Waals surface area contributed by atoms with Gasteiger partial charge < -0.3 is 10.1 Å². The largest absolute Gasteiger partial charge is 0.381 e. The van der Waals surface area contributed by atoms with Crippen LogP contribution in [0, 0.1) is 11.7 Å². The van der Waals surface area contributed by atoms with Gasteiger partial charge in [-0.15, -0.1) is 0 Å². The van der Waals surface area contributed by atoms with Crippen molar-refractivity contribution in [2.75, 3.05) is 19.8 Å². The first kappa shape index (κ1) is 17.2. The van der Waals surface area contributed by atoms with Gasteiger partial charge in [0.1, 0.15) is 5.82 Å². The SMILES string of the molecule is Fc1cccc([C@H]2CC[C@H](CCNC3CCOCC3)CC2)c1Cl. The van der Waals surface area contributed by atoms with Crippen LogP contribution < -0.4 is 5.32 Å². The number of rotatable bonds is 5. The summed E-state index contributed by atoms with van der Waals surface area (Å²) in [5.74, 6) is 0.941. The highest BCUT2D eigenvalue weighted by molar-refractivity contribution is 6.31. The predicted octanol–water partition coefficient (Wildman–Crippen LogP) is 4.91. The molecule has 2 nitrogen and oxygen atoms in total. The summed E-state index contributed by atoms with van der Waals surface area (Å²) in [6.45, 7) is 2.91. The fourth-order valence-corrected chi connectivity index (χ4v) is 4.27. The van der Waals surface area contributed by atoms with Crippen LogP contribution in [-0.2, 0) is 4.74 Å². The molecule has 1 aromatic carbocycles. The summed E-state index contributed by atoms with van der Waals surface area (Å²) in [6.07, 6.45) is 8.26. The van der Waals surface area contributed by atoms with E-state index in [4.69, 9.17) is 16.3 Å². The van der Waals surface area contributed by atoms with Crippen molar-refractivity contribution >= 4 is 11.6 Å². The van der Waals surface area contributed by atoms with E-state index in [1.54, 1.807) is 6.07 Å². The molecule has 2 aliphatic rings. The van der Waals surface area contributed by atoms with E-state index in [1.807, 2.05) is 6.07 Å². The lowest BCUT2D eigenvalue weighted by Gasteiger charge is -2.30. The van der Waals surface area contributed by atoms with Gasteiger partial charge in [-0.3, -0.25) is 0 Å². The molecular weight excluding hydrogens is 313 g/mol. The van der Waals surface area contributed by atoms with Crippen LogP contribution in [0.25, 0.3) is 0 Å². The molecule has 2 fully saturated rings. The van der Waals surface area contributed by atoms with E-state index in [2.05, 4.69) is 5.32 Å². The minimum absolute atomic E-state index is 0.285.